The van der Waals surface area contributed by atoms with Gasteiger partial charge in [0.1, 0.15) is 0 Å². The van der Waals surface area contributed by atoms with Gasteiger partial charge in [0.05, 0.1) is 0 Å². The van der Waals surface area contributed by atoms with Crippen molar-refractivity contribution in [3.63, 3.8) is 0 Å². The van der Waals surface area contributed by atoms with E-state index in [0.29, 0.717) is 0 Å². The summed E-state index contributed by atoms with van der Waals surface area (Å²) in [7, 11) is 0. The van der Waals surface area contributed by atoms with Gasteiger partial charge in [-0.15, -0.1) is 0 Å². The summed E-state index contributed by atoms with van der Waals surface area (Å²) < 4.78 is 0. The van der Waals surface area contributed by atoms with Crippen molar-refractivity contribution in [3.05, 3.63) is 0 Å². The van der Waals surface area contributed by atoms with E-state index in [1.165, 1.54) is 25.7 Å². The Morgan fingerprint density at radius 2 is 1.40 bits per heavy atom. The molecule has 2 saturated carbocycles. The van der Waals surface area contributed by atoms with Crippen LogP contribution in [0.25, 0.3) is 0 Å². The Morgan fingerprint density at radius 3 is 1.90 bits per heavy atom. The van der Waals surface area contributed by atoms with Gasteiger partial charge in [0.15, 0.2) is 0 Å². The van der Waals surface area contributed by atoms with E-state index in [9.17, 15) is 0 Å². The molecule has 0 heteroatoms. The summed E-state index contributed by atoms with van der Waals surface area (Å²) in [6.45, 7) is 4.90. The number of fused-ring (bicyclic) bond motifs is 1. The zero-order chi connectivity index (χ0) is 7.14. The molecule has 0 N–H and O–H groups in total. The maximum Gasteiger partial charge on any atom is -0.0357 e. The van der Waals surface area contributed by atoms with E-state index < -0.39 is 0 Å². The molecule has 0 heterocycles. The van der Waals surface area contributed by atoms with E-state index in [1.54, 1.807) is 0 Å². The molecule has 10 heavy (non-hydrogen) atoms. The predicted molar refractivity (Wildman–Crippen MR) is 43.8 cm³/mol. The van der Waals surface area contributed by atoms with Crippen molar-refractivity contribution in [2.75, 3.05) is 0 Å². The van der Waals surface area contributed by atoms with Crippen LogP contribution >= 0.6 is 0 Å². The molecule has 2 unspecified atom stereocenters. The third-order valence-electron chi connectivity index (χ3n) is 3.83. The van der Waals surface area contributed by atoms with Crippen LogP contribution in [0.3, 0.4) is 0 Å². The SMILES string of the molecule is CC1C[C@H](C)[C@@H]2CCCC12. The van der Waals surface area contributed by atoms with Gasteiger partial charge in [-0.05, 0) is 42.9 Å². The number of rotatable bonds is 0. The summed E-state index contributed by atoms with van der Waals surface area (Å²) in [4.78, 5) is 0. The molecule has 4 atom stereocenters. The van der Waals surface area contributed by atoms with Crippen molar-refractivity contribution >= 4 is 0 Å². The zero-order valence-corrected chi connectivity index (χ0v) is 7.14. The lowest BCUT2D eigenvalue weighted by atomic mass is 9.92. The Morgan fingerprint density at radius 1 is 0.900 bits per heavy atom. The van der Waals surface area contributed by atoms with E-state index >= 15 is 0 Å². The first-order valence-electron chi connectivity index (χ1n) is 4.79. The van der Waals surface area contributed by atoms with Gasteiger partial charge in [-0.25, -0.2) is 0 Å². The standard InChI is InChI=1S/C10H18/c1-7-6-8(2)10-5-3-4-9(7)10/h7-10H,3-6H2,1-2H3/t7-,8?,9-,10?/m0/s1. The highest BCUT2D eigenvalue weighted by atomic mass is 14.5. The van der Waals surface area contributed by atoms with Crippen molar-refractivity contribution in [3.8, 4) is 0 Å². The van der Waals surface area contributed by atoms with Crippen LogP contribution in [0.5, 0.6) is 0 Å². The predicted octanol–water partition coefficient (Wildman–Crippen LogP) is 3.08. The first kappa shape index (κ1) is 6.69. The normalized spacial score (nSPS) is 53.4. The van der Waals surface area contributed by atoms with E-state index in [4.69, 9.17) is 0 Å². The zero-order valence-electron chi connectivity index (χ0n) is 7.14. The fourth-order valence-corrected chi connectivity index (χ4v) is 3.37. The molecule has 0 aromatic carbocycles. The highest BCUT2D eigenvalue weighted by Crippen LogP contribution is 2.50. The lowest BCUT2D eigenvalue weighted by Gasteiger charge is -2.13. The summed E-state index contributed by atoms with van der Waals surface area (Å²) in [6.07, 6.45) is 6.10. The maximum atomic E-state index is 2.45. The molecule has 0 aliphatic heterocycles. The molecule has 0 saturated heterocycles. The molecule has 0 nitrogen and oxygen atoms in total. The summed E-state index contributed by atoms with van der Waals surface area (Å²) >= 11 is 0. The Labute approximate surface area is 64.0 Å². The van der Waals surface area contributed by atoms with E-state index in [0.717, 1.165) is 23.7 Å². The van der Waals surface area contributed by atoms with Crippen LogP contribution in [0.15, 0.2) is 0 Å². The van der Waals surface area contributed by atoms with Crippen molar-refractivity contribution in [1.82, 2.24) is 0 Å². The molecule has 0 aromatic rings. The van der Waals surface area contributed by atoms with Crippen LogP contribution in [0, 0.1) is 23.7 Å². The average molecular weight is 138 g/mol. The maximum absolute atomic E-state index is 2.45. The molecule has 2 rings (SSSR count). The minimum atomic E-state index is 1.04. The molecule has 0 aromatic heterocycles. The lowest BCUT2D eigenvalue weighted by molar-refractivity contribution is 0.352. The summed E-state index contributed by atoms with van der Waals surface area (Å²) in [5.41, 5.74) is 0. The molecular weight excluding hydrogens is 120 g/mol. The summed E-state index contributed by atoms with van der Waals surface area (Å²) in [5.74, 6) is 4.33. The Bertz CT molecular complexity index is 114. The Kier molecular flexibility index (Phi) is 1.51. The largest absolute Gasteiger partial charge is 0.0622 e. The molecule has 0 radical (unpaired) electrons. The minimum absolute atomic E-state index is 1.04. The smallest absolute Gasteiger partial charge is 0.0357 e. The molecule has 0 spiro atoms. The van der Waals surface area contributed by atoms with Gasteiger partial charge in [0.25, 0.3) is 0 Å². The second-order valence-electron chi connectivity index (χ2n) is 4.45. The fourth-order valence-electron chi connectivity index (χ4n) is 3.37. The molecule has 58 valence electrons. The quantitative estimate of drug-likeness (QED) is 0.482. The van der Waals surface area contributed by atoms with E-state index in [2.05, 4.69) is 13.8 Å². The van der Waals surface area contributed by atoms with Gasteiger partial charge in [-0.3, -0.25) is 0 Å². The van der Waals surface area contributed by atoms with Gasteiger partial charge in [0.2, 0.25) is 0 Å². The van der Waals surface area contributed by atoms with Crippen molar-refractivity contribution < 1.29 is 0 Å². The molecule has 2 aliphatic rings. The van der Waals surface area contributed by atoms with Gasteiger partial charge >= 0.3 is 0 Å². The second-order valence-corrected chi connectivity index (χ2v) is 4.45. The van der Waals surface area contributed by atoms with Crippen LogP contribution in [-0.4, -0.2) is 0 Å². The third-order valence-corrected chi connectivity index (χ3v) is 3.83. The monoisotopic (exact) mass is 138 g/mol. The lowest BCUT2D eigenvalue weighted by Crippen LogP contribution is -2.07. The van der Waals surface area contributed by atoms with Crippen LogP contribution in [-0.2, 0) is 0 Å². The highest BCUT2D eigenvalue weighted by Gasteiger charge is 2.40. The van der Waals surface area contributed by atoms with Crippen LogP contribution in [0.2, 0.25) is 0 Å². The second kappa shape index (κ2) is 2.25. The number of hydrogen-bond acceptors (Lipinski definition) is 0. The summed E-state index contributed by atoms with van der Waals surface area (Å²) in [5, 5.41) is 0. The van der Waals surface area contributed by atoms with Crippen molar-refractivity contribution in [2.24, 2.45) is 23.7 Å². The topological polar surface area (TPSA) is 0 Å². The third kappa shape index (κ3) is 0.810. The van der Waals surface area contributed by atoms with Gasteiger partial charge in [-0.2, -0.15) is 0 Å². The molecule has 2 fully saturated rings. The van der Waals surface area contributed by atoms with Crippen molar-refractivity contribution in [1.29, 1.82) is 0 Å². The number of hydrogen-bond donors (Lipinski definition) is 0. The van der Waals surface area contributed by atoms with Crippen molar-refractivity contribution in [2.45, 2.75) is 39.5 Å². The molecule has 0 bridgehead atoms. The molecule has 0 amide bonds. The fraction of sp³-hybridized carbons (Fsp3) is 1.00. The minimum Gasteiger partial charge on any atom is -0.0622 e. The van der Waals surface area contributed by atoms with Gasteiger partial charge in [-0.1, -0.05) is 20.3 Å². The Balaban J connectivity index is 2.11. The van der Waals surface area contributed by atoms with Gasteiger partial charge in [0, 0.05) is 0 Å². The Hall–Kier alpha value is 0. The van der Waals surface area contributed by atoms with Gasteiger partial charge < -0.3 is 0 Å². The first-order valence-corrected chi connectivity index (χ1v) is 4.79. The van der Waals surface area contributed by atoms with Crippen LogP contribution < -0.4 is 0 Å². The highest BCUT2D eigenvalue weighted by molar-refractivity contribution is 4.90. The van der Waals surface area contributed by atoms with Crippen LogP contribution in [0.1, 0.15) is 39.5 Å². The summed E-state index contributed by atoms with van der Waals surface area (Å²) in [6, 6.07) is 0. The van der Waals surface area contributed by atoms with E-state index in [-0.39, 0.29) is 0 Å². The molecular formula is C10H18. The van der Waals surface area contributed by atoms with Crippen LogP contribution in [0.4, 0.5) is 0 Å². The molecule has 2 aliphatic carbocycles. The average Bonchev–Trinajstić information content (AvgIpc) is 2.39. The van der Waals surface area contributed by atoms with E-state index in [1.807, 2.05) is 0 Å². The first-order chi connectivity index (χ1) is 4.79.